The summed E-state index contributed by atoms with van der Waals surface area (Å²) in [4.78, 5) is 2.06. The van der Waals surface area contributed by atoms with Crippen molar-refractivity contribution in [2.75, 3.05) is 20.2 Å². The Labute approximate surface area is 63.2 Å². The summed E-state index contributed by atoms with van der Waals surface area (Å²) in [6, 6.07) is 0. The fourth-order valence-corrected chi connectivity index (χ4v) is 0.561. The van der Waals surface area contributed by atoms with Crippen molar-refractivity contribution in [1.29, 1.82) is 0 Å². The first-order chi connectivity index (χ1) is 4.54. The van der Waals surface area contributed by atoms with Gasteiger partial charge in [0, 0.05) is 12.1 Å². The molecule has 0 aliphatic rings. The maximum absolute atomic E-state index is 8.92. The van der Waals surface area contributed by atoms with Crippen LogP contribution in [0.1, 0.15) is 13.8 Å². The second-order valence-electron chi connectivity index (χ2n) is 3.14. The van der Waals surface area contributed by atoms with Crippen LogP contribution in [0.15, 0.2) is 12.7 Å². The molecule has 0 amide bonds. The number of aliphatic hydroxyl groups excluding tert-OH is 1. The third kappa shape index (κ3) is 2.50. The van der Waals surface area contributed by atoms with E-state index in [1.807, 2.05) is 27.0 Å². The lowest BCUT2D eigenvalue weighted by atomic mass is 10.1. The van der Waals surface area contributed by atoms with Gasteiger partial charge >= 0.3 is 0 Å². The van der Waals surface area contributed by atoms with Gasteiger partial charge in [-0.05, 0) is 20.9 Å². The van der Waals surface area contributed by atoms with Crippen LogP contribution in [0.5, 0.6) is 0 Å². The lowest BCUT2D eigenvalue weighted by Crippen LogP contribution is -2.44. The highest BCUT2D eigenvalue weighted by atomic mass is 16.3. The van der Waals surface area contributed by atoms with Crippen molar-refractivity contribution in [2.24, 2.45) is 0 Å². The van der Waals surface area contributed by atoms with Crippen LogP contribution >= 0.6 is 0 Å². The summed E-state index contributed by atoms with van der Waals surface area (Å²) in [5.41, 5.74) is -0.131. The molecular formula is C8H17NO. The Morgan fingerprint density at radius 2 is 2.10 bits per heavy atom. The van der Waals surface area contributed by atoms with Gasteiger partial charge < -0.3 is 5.11 Å². The molecule has 0 saturated carbocycles. The second-order valence-corrected chi connectivity index (χ2v) is 3.14. The van der Waals surface area contributed by atoms with Gasteiger partial charge in [-0.25, -0.2) is 0 Å². The molecule has 2 heteroatoms. The molecule has 0 aromatic carbocycles. The zero-order chi connectivity index (χ0) is 8.20. The monoisotopic (exact) mass is 143 g/mol. The average molecular weight is 143 g/mol. The molecule has 0 atom stereocenters. The van der Waals surface area contributed by atoms with E-state index < -0.39 is 0 Å². The van der Waals surface area contributed by atoms with Crippen LogP contribution in [-0.4, -0.2) is 35.7 Å². The van der Waals surface area contributed by atoms with E-state index in [4.69, 9.17) is 5.11 Å². The van der Waals surface area contributed by atoms with E-state index in [-0.39, 0.29) is 12.1 Å². The summed E-state index contributed by atoms with van der Waals surface area (Å²) in [7, 11) is 1.97. The van der Waals surface area contributed by atoms with Gasteiger partial charge in [0.25, 0.3) is 0 Å². The number of hydrogen-bond acceptors (Lipinski definition) is 2. The van der Waals surface area contributed by atoms with E-state index in [9.17, 15) is 0 Å². The Morgan fingerprint density at radius 1 is 1.60 bits per heavy atom. The lowest BCUT2D eigenvalue weighted by molar-refractivity contribution is 0.0887. The number of hydrogen-bond donors (Lipinski definition) is 1. The topological polar surface area (TPSA) is 23.5 Å². The molecule has 0 fully saturated rings. The van der Waals surface area contributed by atoms with E-state index in [1.165, 1.54) is 0 Å². The van der Waals surface area contributed by atoms with Crippen LogP contribution < -0.4 is 0 Å². The number of nitrogens with zero attached hydrogens (tertiary/aromatic N) is 1. The molecular weight excluding hydrogens is 126 g/mol. The maximum atomic E-state index is 8.92. The largest absolute Gasteiger partial charge is 0.394 e. The Kier molecular flexibility index (Phi) is 3.61. The van der Waals surface area contributed by atoms with Gasteiger partial charge in [0.2, 0.25) is 0 Å². The summed E-state index contributed by atoms with van der Waals surface area (Å²) in [6.45, 7) is 8.61. The van der Waals surface area contributed by atoms with Crippen molar-refractivity contribution in [2.45, 2.75) is 19.4 Å². The van der Waals surface area contributed by atoms with E-state index in [0.717, 1.165) is 6.54 Å². The minimum atomic E-state index is -0.131. The highest BCUT2D eigenvalue weighted by molar-refractivity contribution is 4.83. The van der Waals surface area contributed by atoms with Crippen molar-refractivity contribution in [1.82, 2.24) is 4.90 Å². The molecule has 0 bridgehead atoms. The molecule has 2 nitrogen and oxygen atoms in total. The van der Waals surface area contributed by atoms with Crippen LogP contribution in [0.2, 0.25) is 0 Å². The quantitative estimate of drug-likeness (QED) is 0.590. The molecule has 0 spiro atoms. The summed E-state index contributed by atoms with van der Waals surface area (Å²) in [5.74, 6) is 0. The smallest absolute Gasteiger partial charge is 0.0610 e. The molecule has 60 valence electrons. The minimum absolute atomic E-state index is 0.131. The van der Waals surface area contributed by atoms with Gasteiger partial charge in [-0.15, -0.1) is 6.58 Å². The normalized spacial score (nSPS) is 12.1. The van der Waals surface area contributed by atoms with Gasteiger partial charge in [0.1, 0.15) is 0 Å². The summed E-state index contributed by atoms with van der Waals surface area (Å²) in [5, 5.41) is 8.92. The van der Waals surface area contributed by atoms with Crippen LogP contribution in [0, 0.1) is 0 Å². The Hall–Kier alpha value is -0.340. The van der Waals surface area contributed by atoms with E-state index in [0.29, 0.717) is 0 Å². The molecule has 10 heavy (non-hydrogen) atoms. The first kappa shape index (κ1) is 9.66. The molecule has 0 aliphatic heterocycles. The van der Waals surface area contributed by atoms with E-state index in [2.05, 4.69) is 11.5 Å². The van der Waals surface area contributed by atoms with Crippen LogP contribution in [0.25, 0.3) is 0 Å². The van der Waals surface area contributed by atoms with Crippen LogP contribution in [0.3, 0.4) is 0 Å². The predicted molar refractivity (Wildman–Crippen MR) is 44.0 cm³/mol. The Bertz CT molecular complexity index is 110. The van der Waals surface area contributed by atoms with Crippen molar-refractivity contribution < 1.29 is 5.11 Å². The van der Waals surface area contributed by atoms with Crippen molar-refractivity contribution in [3.8, 4) is 0 Å². The molecule has 0 rings (SSSR count). The van der Waals surface area contributed by atoms with Crippen molar-refractivity contribution >= 4 is 0 Å². The lowest BCUT2D eigenvalue weighted by Gasteiger charge is -2.32. The molecule has 0 radical (unpaired) electrons. The third-order valence-corrected chi connectivity index (χ3v) is 1.82. The highest BCUT2D eigenvalue weighted by Crippen LogP contribution is 2.09. The van der Waals surface area contributed by atoms with Crippen LogP contribution in [-0.2, 0) is 0 Å². The van der Waals surface area contributed by atoms with Gasteiger partial charge in [0.05, 0.1) is 6.61 Å². The molecule has 0 unspecified atom stereocenters. The maximum Gasteiger partial charge on any atom is 0.0610 e. The first-order valence-corrected chi connectivity index (χ1v) is 3.47. The van der Waals surface area contributed by atoms with Gasteiger partial charge in [-0.3, -0.25) is 4.90 Å². The van der Waals surface area contributed by atoms with Crippen molar-refractivity contribution in [3.63, 3.8) is 0 Å². The third-order valence-electron chi connectivity index (χ3n) is 1.82. The molecule has 0 saturated heterocycles. The van der Waals surface area contributed by atoms with Gasteiger partial charge in [0.15, 0.2) is 0 Å². The standard InChI is InChI=1S/C8H17NO/c1-5-6-9(4)8(2,3)7-10/h5,10H,1,6-7H2,2-4H3. The Balaban J connectivity index is 3.89. The van der Waals surface area contributed by atoms with Crippen LogP contribution in [0.4, 0.5) is 0 Å². The van der Waals surface area contributed by atoms with Gasteiger partial charge in [-0.2, -0.15) is 0 Å². The number of rotatable bonds is 4. The minimum Gasteiger partial charge on any atom is -0.394 e. The Morgan fingerprint density at radius 3 is 2.40 bits per heavy atom. The molecule has 0 heterocycles. The first-order valence-electron chi connectivity index (χ1n) is 3.47. The fourth-order valence-electron chi connectivity index (χ4n) is 0.561. The predicted octanol–water partition coefficient (Wildman–Crippen LogP) is 0.875. The zero-order valence-electron chi connectivity index (χ0n) is 7.09. The number of aliphatic hydroxyl groups is 1. The molecule has 0 aromatic rings. The van der Waals surface area contributed by atoms with E-state index >= 15 is 0 Å². The summed E-state index contributed by atoms with van der Waals surface area (Å²) in [6.07, 6.45) is 1.83. The van der Waals surface area contributed by atoms with Gasteiger partial charge in [-0.1, -0.05) is 6.08 Å². The summed E-state index contributed by atoms with van der Waals surface area (Å²) >= 11 is 0. The fraction of sp³-hybridized carbons (Fsp3) is 0.750. The van der Waals surface area contributed by atoms with Crippen molar-refractivity contribution in [3.05, 3.63) is 12.7 Å². The number of likely N-dealkylation sites (N-methyl/N-ethyl adjacent to an activating group) is 1. The SMILES string of the molecule is C=CCN(C)C(C)(C)CO. The van der Waals surface area contributed by atoms with E-state index in [1.54, 1.807) is 0 Å². The molecule has 1 N–H and O–H groups in total. The molecule has 0 aliphatic carbocycles. The molecule has 0 aromatic heterocycles. The average Bonchev–Trinajstić information content (AvgIpc) is 1.89. The second kappa shape index (κ2) is 3.74. The zero-order valence-corrected chi connectivity index (χ0v) is 7.09. The summed E-state index contributed by atoms with van der Waals surface area (Å²) < 4.78 is 0. The highest BCUT2D eigenvalue weighted by Gasteiger charge is 2.20.